The summed E-state index contributed by atoms with van der Waals surface area (Å²) in [5.74, 6) is 0. The number of nitrogens with zero attached hydrogens (tertiary/aromatic N) is 3. The van der Waals surface area contributed by atoms with Crippen LogP contribution in [0.4, 0.5) is 10.5 Å². The molecule has 1 aromatic heterocycles. The summed E-state index contributed by atoms with van der Waals surface area (Å²) in [5.41, 5.74) is 6.26. The van der Waals surface area contributed by atoms with E-state index < -0.39 is 0 Å². The molecule has 0 saturated heterocycles. The van der Waals surface area contributed by atoms with Crippen molar-refractivity contribution in [2.75, 3.05) is 11.9 Å². The lowest BCUT2D eigenvalue weighted by molar-refractivity contribution is 0.103. The Balaban J connectivity index is 1.39. The molecule has 6 nitrogen and oxygen atoms in total. The molecular formula is C24H27ClN4O2. The molecule has 0 spiro atoms. The molecule has 162 valence electrons. The van der Waals surface area contributed by atoms with Crippen LogP contribution in [0.25, 0.3) is 0 Å². The molecular weight excluding hydrogens is 412 g/mol. The summed E-state index contributed by atoms with van der Waals surface area (Å²) in [6, 6.07) is 15.5. The van der Waals surface area contributed by atoms with E-state index in [0.717, 1.165) is 35.3 Å². The molecule has 1 N–H and O–H groups in total. The van der Waals surface area contributed by atoms with Gasteiger partial charge in [-0.25, -0.2) is 4.79 Å². The molecule has 0 radical (unpaired) electrons. The first-order chi connectivity index (χ1) is 15.0. The van der Waals surface area contributed by atoms with Gasteiger partial charge in [0.05, 0.1) is 25.5 Å². The number of rotatable bonds is 6. The number of halogens is 1. The van der Waals surface area contributed by atoms with Crippen molar-refractivity contribution >= 4 is 23.3 Å². The molecule has 0 unspecified atom stereocenters. The molecule has 2 heterocycles. The van der Waals surface area contributed by atoms with E-state index in [9.17, 15) is 4.79 Å². The molecule has 1 aliphatic heterocycles. The monoisotopic (exact) mass is 438 g/mol. The standard InChI is InChI=1S/C24H27ClN4O2/c1-3-17-6-10-20(11-7-17)26-24(30)29-13-12-23-21(14-29)22(27-28(23)2)16-31-15-18-4-8-19(25)9-5-18/h4-11H,3,12-16H2,1-2H3,(H,26,30). The maximum Gasteiger partial charge on any atom is 0.322 e. The average Bonchev–Trinajstić information content (AvgIpc) is 3.10. The minimum Gasteiger partial charge on any atom is -0.370 e. The number of ether oxygens (including phenoxy) is 1. The molecule has 7 heteroatoms. The number of carbonyl (C=O) groups is 1. The summed E-state index contributed by atoms with van der Waals surface area (Å²) < 4.78 is 7.81. The molecule has 0 fully saturated rings. The number of benzene rings is 2. The lowest BCUT2D eigenvalue weighted by Gasteiger charge is -2.28. The SMILES string of the molecule is CCc1ccc(NC(=O)N2CCc3c(c(COCc4ccc(Cl)cc4)nn3C)C2)cc1. The topological polar surface area (TPSA) is 59.4 Å². The van der Waals surface area contributed by atoms with Gasteiger partial charge in [-0.05, 0) is 41.8 Å². The van der Waals surface area contributed by atoms with Gasteiger partial charge in [-0.3, -0.25) is 4.68 Å². The number of carbonyl (C=O) groups excluding carboxylic acids is 1. The normalized spacial score (nSPS) is 13.2. The van der Waals surface area contributed by atoms with Gasteiger partial charge in [0.2, 0.25) is 0 Å². The summed E-state index contributed by atoms with van der Waals surface area (Å²) in [4.78, 5) is 14.7. The summed E-state index contributed by atoms with van der Waals surface area (Å²) >= 11 is 5.94. The molecule has 3 aromatic rings. The zero-order valence-corrected chi connectivity index (χ0v) is 18.7. The van der Waals surface area contributed by atoms with Gasteiger partial charge < -0.3 is 15.0 Å². The Bertz CT molecular complexity index is 1040. The highest BCUT2D eigenvalue weighted by Gasteiger charge is 2.26. The summed E-state index contributed by atoms with van der Waals surface area (Å²) in [5, 5.41) is 8.36. The van der Waals surface area contributed by atoms with Crippen LogP contribution in [-0.2, 0) is 44.4 Å². The second-order valence-electron chi connectivity index (χ2n) is 7.77. The Morgan fingerprint density at radius 2 is 1.81 bits per heavy atom. The third kappa shape index (κ3) is 5.09. The Hall–Kier alpha value is -2.83. The Labute approximate surface area is 187 Å². The van der Waals surface area contributed by atoms with Crippen LogP contribution < -0.4 is 5.32 Å². The van der Waals surface area contributed by atoms with Crippen LogP contribution in [0.3, 0.4) is 0 Å². The molecule has 0 aliphatic carbocycles. The molecule has 2 aromatic carbocycles. The molecule has 1 aliphatic rings. The number of urea groups is 1. The van der Waals surface area contributed by atoms with E-state index >= 15 is 0 Å². The van der Waals surface area contributed by atoms with Crippen molar-refractivity contribution in [2.24, 2.45) is 7.05 Å². The van der Waals surface area contributed by atoms with Crippen molar-refractivity contribution in [1.29, 1.82) is 0 Å². The van der Waals surface area contributed by atoms with Crippen LogP contribution in [0.1, 0.15) is 35.0 Å². The quantitative estimate of drug-likeness (QED) is 0.592. The first kappa shape index (κ1) is 21.4. The third-order valence-electron chi connectivity index (χ3n) is 5.65. The highest BCUT2D eigenvalue weighted by molar-refractivity contribution is 6.30. The van der Waals surface area contributed by atoms with Gasteiger partial charge in [-0.15, -0.1) is 0 Å². The van der Waals surface area contributed by atoms with E-state index in [1.54, 1.807) is 0 Å². The number of aromatic nitrogens is 2. The minimum atomic E-state index is -0.0909. The summed E-state index contributed by atoms with van der Waals surface area (Å²) in [7, 11) is 1.95. The van der Waals surface area contributed by atoms with Crippen LogP contribution in [0.15, 0.2) is 48.5 Å². The number of amides is 2. The van der Waals surface area contributed by atoms with Crippen molar-refractivity contribution in [3.8, 4) is 0 Å². The lowest BCUT2D eigenvalue weighted by atomic mass is 10.1. The third-order valence-corrected chi connectivity index (χ3v) is 5.90. The predicted molar refractivity (Wildman–Crippen MR) is 122 cm³/mol. The number of nitrogens with one attached hydrogen (secondary N) is 1. The molecule has 0 bridgehead atoms. The first-order valence-electron chi connectivity index (χ1n) is 10.5. The van der Waals surface area contributed by atoms with Gasteiger partial charge in [0, 0.05) is 42.0 Å². The zero-order valence-electron chi connectivity index (χ0n) is 17.9. The maximum absolute atomic E-state index is 12.8. The maximum atomic E-state index is 12.8. The fourth-order valence-electron chi connectivity index (χ4n) is 3.83. The van der Waals surface area contributed by atoms with Gasteiger partial charge in [0.25, 0.3) is 0 Å². The molecule has 4 rings (SSSR count). The van der Waals surface area contributed by atoms with Crippen molar-refractivity contribution in [3.63, 3.8) is 0 Å². The van der Waals surface area contributed by atoms with Crippen LogP contribution >= 0.6 is 11.6 Å². The smallest absolute Gasteiger partial charge is 0.322 e. The van der Waals surface area contributed by atoms with Crippen LogP contribution in [0.5, 0.6) is 0 Å². The molecule has 0 atom stereocenters. The van der Waals surface area contributed by atoms with Crippen LogP contribution in [-0.4, -0.2) is 27.3 Å². The van der Waals surface area contributed by atoms with Crippen molar-refractivity contribution in [2.45, 2.75) is 39.5 Å². The van der Waals surface area contributed by atoms with E-state index in [2.05, 4.69) is 17.3 Å². The van der Waals surface area contributed by atoms with Crippen molar-refractivity contribution in [3.05, 3.63) is 81.6 Å². The van der Waals surface area contributed by atoms with Crippen LogP contribution in [0, 0.1) is 0 Å². The summed E-state index contributed by atoms with van der Waals surface area (Å²) in [6.45, 7) is 4.20. The van der Waals surface area contributed by atoms with E-state index in [0.29, 0.717) is 31.3 Å². The molecule has 31 heavy (non-hydrogen) atoms. The largest absolute Gasteiger partial charge is 0.370 e. The zero-order chi connectivity index (χ0) is 21.8. The highest BCUT2D eigenvalue weighted by Crippen LogP contribution is 2.24. The van der Waals surface area contributed by atoms with E-state index in [-0.39, 0.29) is 6.03 Å². The second kappa shape index (κ2) is 9.54. The number of aryl methyl sites for hydroxylation is 2. The van der Waals surface area contributed by atoms with Gasteiger partial charge in [0.15, 0.2) is 0 Å². The average molecular weight is 439 g/mol. The van der Waals surface area contributed by atoms with Gasteiger partial charge >= 0.3 is 6.03 Å². The summed E-state index contributed by atoms with van der Waals surface area (Å²) in [6.07, 6.45) is 1.76. The second-order valence-corrected chi connectivity index (χ2v) is 8.20. The van der Waals surface area contributed by atoms with Gasteiger partial charge in [-0.1, -0.05) is 42.8 Å². The predicted octanol–water partition coefficient (Wildman–Crippen LogP) is 4.94. The van der Waals surface area contributed by atoms with Crippen LogP contribution in [0.2, 0.25) is 5.02 Å². The Kier molecular flexibility index (Phi) is 6.59. The highest BCUT2D eigenvalue weighted by atomic mass is 35.5. The number of fused-ring (bicyclic) bond motifs is 1. The van der Waals surface area contributed by atoms with E-state index in [1.165, 1.54) is 11.3 Å². The first-order valence-corrected chi connectivity index (χ1v) is 10.9. The Morgan fingerprint density at radius 3 is 2.52 bits per heavy atom. The van der Waals surface area contributed by atoms with Crippen molar-refractivity contribution < 1.29 is 9.53 Å². The number of anilines is 1. The minimum absolute atomic E-state index is 0.0909. The van der Waals surface area contributed by atoms with Crippen molar-refractivity contribution in [1.82, 2.24) is 14.7 Å². The van der Waals surface area contributed by atoms with E-state index in [4.69, 9.17) is 16.3 Å². The lowest BCUT2D eigenvalue weighted by Crippen LogP contribution is -2.39. The molecule has 2 amide bonds. The fourth-order valence-corrected chi connectivity index (χ4v) is 3.96. The van der Waals surface area contributed by atoms with Gasteiger partial charge in [-0.2, -0.15) is 5.10 Å². The van der Waals surface area contributed by atoms with E-state index in [1.807, 2.05) is 65.2 Å². The number of hydrogen-bond donors (Lipinski definition) is 1. The fraction of sp³-hybridized carbons (Fsp3) is 0.333. The molecule has 0 saturated carbocycles. The van der Waals surface area contributed by atoms with Gasteiger partial charge in [0.1, 0.15) is 0 Å². The Morgan fingerprint density at radius 1 is 1.10 bits per heavy atom. The number of hydrogen-bond acceptors (Lipinski definition) is 3.